The van der Waals surface area contributed by atoms with Gasteiger partial charge in [0.25, 0.3) is 5.91 Å². The number of hydrogen-bond donors (Lipinski definition) is 0. The number of nitrogens with zero attached hydrogens (tertiary/aromatic N) is 3. The Morgan fingerprint density at radius 2 is 1.79 bits per heavy atom. The van der Waals surface area contributed by atoms with Crippen molar-refractivity contribution in [1.29, 1.82) is 0 Å². The number of amides is 1. The number of hydrogen-bond acceptors (Lipinski definition) is 2. The van der Waals surface area contributed by atoms with Crippen LogP contribution in [0.1, 0.15) is 18.9 Å². The van der Waals surface area contributed by atoms with Crippen molar-refractivity contribution >= 4 is 79.3 Å². The van der Waals surface area contributed by atoms with Gasteiger partial charge in [-0.15, -0.1) is 0 Å². The van der Waals surface area contributed by atoms with E-state index in [0.717, 1.165) is 13.7 Å². The average Bonchev–Trinajstić information content (AvgIpc) is 3.13. The van der Waals surface area contributed by atoms with E-state index in [9.17, 15) is 4.79 Å². The van der Waals surface area contributed by atoms with Crippen LogP contribution in [0.25, 0.3) is 0 Å². The number of fused-ring (bicyclic) bond motifs is 1. The summed E-state index contributed by atoms with van der Waals surface area (Å²) in [5, 5.41) is 0.954. The molecule has 0 fully saturated rings. The Morgan fingerprint density at radius 3 is 2.39 bits per heavy atom. The lowest BCUT2D eigenvalue weighted by Crippen LogP contribution is -2.43. The number of carbonyl (C=O) groups excluding carboxylic acids is 1. The maximum absolute atomic E-state index is 13.8. The summed E-state index contributed by atoms with van der Waals surface area (Å²) in [6, 6.07) is 13.2. The summed E-state index contributed by atoms with van der Waals surface area (Å²) >= 11 is 18.1. The molecule has 1 aliphatic heterocycles. The van der Waals surface area contributed by atoms with Crippen molar-refractivity contribution in [2.24, 2.45) is 0 Å². The van der Waals surface area contributed by atoms with Gasteiger partial charge in [0, 0.05) is 20.9 Å². The molecule has 0 radical (unpaired) electrons. The minimum atomic E-state index is -0.759. The highest BCUT2D eigenvalue weighted by Gasteiger charge is 2.52. The molecule has 144 valence electrons. The van der Waals surface area contributed by atoms with E-state index >= 15 is 0 Å². The SMILES string of the molecule is CCC1(Cc2ccc(Br)cc2)C(=O)N(c2cc(Cl)cc(Cl)c2)c2ncc(I)n21. The smallest absolute Gasteiger partial charge is 0.260 e. The van der Waals surface area contributed by atoms with E-state index in [1.54, 1.807) is 29.3 Å². The van der Waals surface area contributed by atoms with Crippen LogP contribution in [0, 0.1) is 3.70 Å². The Morgan fingerprint density at radius 1 is 1.14 bits per heavy atom. The molecule has 0 aliphatic carbocycles. The molecule has 4 nitrogen and oxygen atoms in total. The third kappa shape index (κ3) is 3.28. The molecular formula is C20H15BrCl2IN3O. The Balaban J connectivity index is 1.87. The van der Waals surface area contributed by atoms with Crippen molar-refractivity contribution in [3.63, 3.8) is 0 Å². The van der Waals surface area contributed by atoms with Gasteiger partial charge in [0.15, 0.2) is 0 Å². The number of carbonyl (C=O) groups is 1. The lowest BCUT2D eigenvalue weighted by Gasteiger charge is -2.29. The zero-order valence-electron chi connectivity index (χ0n) is 14.8. The van der Waals surface area contributed by atoms with Crippen LogP contribution in [0.3, 0.4) is 0 Å². The van der Waals surface area contributed by atoms with Gasteiger partial charge in [-0.05, 0) is 64.9 Å². The molecule has 2 heterocycles. The van der Waals surface area contributed by atoms with Crippen LogP contribution in [0.4, 0.5) is 11.6 Å². The van der Waals surface area contributed by atoms with E-state index in [1.807, 2.05) is 35.8 Å². The molecule has 4 rings (SSSR count). The molecule has 1 aliphatic rings. The minimum Gasteiger partial charge on any atom is -0.289 e. The first-order valence-corrected chi connectivity index (χ1v) is 11.3. The van der Waals surface area contributed by atoms with Crippen LogP contribution in [0.15, 0.2) is 53.1 Å². The fraction of sp³-hybridized carbons (Fsp3) is 0.200. The molecule has 0 N–H and O–H groups in total. The molecule has 8 heteroatoms. The van der Waals surface area contributed by atoms with E-state index in [1.165, 1.54) is 0 Å². The highest BCUT2D eigenvalue weighted by Crippen LogP contribution is 2.45. The number of anilines is 2. The standard InChI is InChI=1S/C20H15BrCl2IN3O/c1-2-20(10-12-3-5-13(21)6-4-12)18(28)26(19-25-11-17(24)27(19)20)16-8-14(22)7-15(23)9-16/h3-9,11H,2,10H2,1H3. The molecule has 0 saturated carbocycles. The molecule has 0 bridgehead atoms. The van der Waals surface area contributed by atoms with Crippen molar-refractivity contribution in [2.75, 3.05) is 4.90 Å². The molecular weight excluding hydrogens is 576 g/mol. The predicted octanol–water partition coefficient (Wildman–Crippen LogP) is 6.58. The fourth-order valence-electron chi connectivity index (χ4n) is 3.70. The van der Waals surface area contributed by atoms with E-state index in [-0.39, 0.29) is 5.91 Å². The molecule has 2 aromatic carbocycles. The molecule has 1 amide bonds. The quantitative estimate of drug-likeness (QED) is 0.322. The van der Waals surface area contributed by atoms with Gasteiger partial charge in [-0.1, -0.05) is 58.2 Å². The second-order valence-corrected chi connectivity index (χ2v) is 9.57. The number of aromatic nitrogens is 2. The fourth-order valence-corrected chi connectivity index (χ4v) is 5.30. The number of rotatable bonds is 4. The summed E-state index contributed by atoms with van der Waals surface area (Å²) in [7, 11) is 0. The van der Waals surface area contributed by atoms with Gasteiger partial charge < -0.3 is 0 Å². The van der Waals surface area contributed by atoms with Crippen molar-refractivity contribution in [3.8, 4) is 0 Å². The van der Waals surface area contributed by atoms with Gasteiger partial charge >= 0.3 is 0 Å². The van der Waals surface area contributed by atoms with Gasteiger partial charge in [-0.2, -0.15) is 0 Å². The van der Waals surface area contributed by atoms with Gasteiger partial charge in [0.1, 0.15) is 9.24 Å². The van der Waals surface area contributed by atoms with E-state index < -0.39 is 5.54 Å². The summed E-state index contributed by atoms with van der Waals surface area (Å²) in [6.07, 6.45) is 2.99. The monoisotopic (exact) mass is 589 g/mol. The van der Waals surface area contributed by atoms with Gasteiger partial charge in [0.2, 0.25) is 5.95 Å². The highest BCUT2D eigenvalue weighted by molar-refractivity contribution is 14.1. The average molecular weight is 591 g/mol. The Kier molecular flexibility index (Phi) is 5.50. The van der Waals surface area contributed by atoms with Crippen LogP contribution >= 0.6 is 61.7 Å². The Hall–Kier alpha value is -1.09. The summed E-state index contributed by atoms with van der Waals surface area (Å²) < 4.78 is 3.95. The normalized spacial score (nSPS) is 18.6. The Bertz CT molecular complexity index is 1050. The maximum Gasteiger partial charge on any atom is 0.260 e. The van der Waals surface area contributed by atoms with E-state index in [2.05, 4.69) is 43.5 Å². The molecule has 3 aromatic rings. The summed E-state index contributed by atoms with van der Waals surface area (Å²) in [4.78, 5) is 19.9. The van der Waals surface area contributed by atoms with Crippen LogP contribution in [-0.4, -0.2) is 15.5 Å². The second kappa shape index (κ2) is 7.63. The van der Waals surface area contributed by atoms with Crippen LogP contribution < -0.4 is 4.90 Å². The zero-order valence-corrected chi connectivity index (χ0v) is 20.1. The molecule has 0 saturated heterocycles. The van der Waals surface area contributed by atoms with Gasteiger partial charge in [-0.3, -0.25) is 9.36 Å². The summed E-state index contributed by atoms with van der Waals surface area (Å²) in [5.41, 5.74) is 0.946. The van der Waals surface area contributed by atoms with Crippen molar-refractivity contribution in [1.82, 2.24) is 9.55 Å². The van der Waals surface area contributed by atoms with Crippen molar-refractivity contribution in [2.45, 2.75) is 25.3 Å². The van der Waals surface area contributed by atoms with Crippen LogP contribution in [-0.2, 0) is 16.8 Å². The molecule has 0 spiro atoms. The lowest BCUT2D eigenvalue weighted by molar-refractivity contribution is -0.124. The summed E-state index contributed by atoms with van der Waals surface area (Å²) in [5.74, 6) is 0.559. The predicted molar refractivity (Wildman–Crippen MR) is 125 cm³/mol. The first-order valence-electron chi connectivity index (χ1n) is 8.64. The number of imidazole rings is 1. The zero-order chi connectivity index (χ0) is 20.1. The van der Waals surface area contributed by atoms with Gasteiger partial charge in [-0.25, -0.2) is 9.88 Å². The molecule has 28 heavy (non-hydrogen) atoms. The first kappa shape index (κ1) is 20.2. The van der Waals surface area contributed by atoms with Crippen LogP contribution in [0.5, 0.6) is 0 Å². The van der Waals surface area contributed by atoms with Crippen molar-refractivity contribution in [3.05, 3.63) is 72.4 Å². The number of benzene rings is 2. The Labute approximate surface area is 195 Å². The maximum atomic E-state index is 13.8. The minimum absolute atomic E-state index is 0.0303. The third-order valence-corrected chi connectivity index (χ3v) is 6.76. The third-order valence-electron chi connectivity index (χ3n) is 5.03. The largest absolute Gasteiger partial charge is 0.289 e. The van der Waals surface area contributed by atoms with E-state index in [0.29, 0.717) is 34.5 Å². The van der Waals surface area contributed by atoms with Gasteiger partial charge in [0.05, 0.1) is 11.9 Å². The highest BCUT2D eigenvalue weighted by atomic mass is 127. The van der Waals surface area contributed by atoms with Crippen molar-refractivity contribution < 1.29 is 4.79 Å². The summed E-state index contributed by atoms with van der Waals surface area (Å²) in [6.45, 7) is 2.03. The lowest BCUT2D eigenvalue weighted by atomic mass is 9.87. The topological polar surface area (TPSA) is 38.1 Å². The van der Waals surface area contributed by atoms with Crippen LogP contribution in [0.2, 0.25) is 10.0 Å². The molecule has 1 aromatic heterocycles. The second-order valence-electron chi connectivity index (χ2n) is 6.67. The molecule has 1 atom stereocenters. The van der Waals surface area contributed by atoms with E-state index in [4.69, 9.17) is 23.2 Å². The first-order chi connectivity index (χ1) is 13.4. The number of halogens is 4. The molecule has 1 unspecified atom stereocenters.